The Morgan fingerprint density at radius 1 is 0.867 bits per heavy atom. The van der Waals surface area contributed by atoms with Gasteiger partial charge in [-0.25, -0.2) is 8.78 Å². The molecule has 84 valence electrons. The summed E-state index contributed by atoms with van der Waals surface area (Å²) in [7, 11) is 0. The Labute approximate surface area is 84.7 Å². The first kappa shape index (κ1) is 11.8. The summed E-state index contributed by atoms with van der Waals surface area (Å²) in [6, 6.07) is 0. The molecule has 0 aromatic heterocycles. The number of hydrogen-bond acceptors (Lipinski definition) is 1. The second-order valence-electron chi connectivity index (χ2n) is 2.85. The number of benzene rings is 1. The summed E-state index contributed by atoms with van der Waals surface area (Å²) in [5.74, 6) is -6.73. The first-order valence-corrected chi connectivity index (χ1v) is 4.52. The molecule has 0 spiro atoms. The Morgan fingerprint density at radius 3 is 1.67 bits per heavy atom. The van der Waals surface area contributed by atoms with Gasteiger partial charge in [-0.15, -0.1) is 0 Å². The van der Waals surface area contributed by atoms with Crippen molar-refractivity contribution < 1.29 is 22.3 Å². The molecule has 0 saturated carbocycles. The van der Waals surface area contributed by atoms with Crippen LogP contribution >= 0.6 is 0 Å². The van der Waals surface area contributed by atoms with Gasteiger partial charge in [0.2, 0.25) is 11.6 Å². The van der Waals surface area contributed by atoms with Gasteiger partial charge in [-0.3, -0.25) is 0 Å². The summed E-state index contributed by atoms with van der Waals surface area (Å²) in [4.78, 5) is 0. The molecule has 1 rings (SSSR count). The van der Waals surface area contributed by atoms with Crippen LogP contribution in [0.4, 0.5) is 17.6 Å². The summed E-state index contributed by atoms with van der Waals surface area (Å²) in [6.45, 7) is 2.79. The number of ether oxygens (including phenoxy) is 1. The van der Waals surface area contributed by atoms with Crippen LogP contribution in [0, 0.1) is 23.3 Å². The third kappa shape index (κ3) is 1.91. The van der Waals surface area contributed by atoms with E-state index in [-0.39, 0.29) is 13.0 Å². The summed E-state index contributed by atoms with van der Waals surface area (Å²) >= 11 is 0. The van der Waals surface area contributed by atoms with Crippen molar-refractivity contribution in [3.8, 4) is 5.75 Å². The molecule has 5 heteroatoms. The van der Waals surface area contributed by atoms with Gasteiger partial charge in [0, 0.05) is 5.56 Å². The average Bonchev–Trinajstić information content (AvgIpc) is 2.23. The lowest BCUT2D eigenvalue weighted by atomic mass is 10.1. The van der Waals surface area contributed by atoms with Gasteiger partial charge in [0.25, 0.3) is 0 Å². The molecule has 0 amide bonds. The van der Waals surface area contributed by atoms with E-state index in [0.29, 0.717) is 0 Å². The van der Waals surface area contributed by atoms with Crippen LogP contribution in [0.15, 0.2) is 0 Å². The molecule has 0 aliphatic carbocycles. The van der Waals surface area contributed by atoms with Crippen molar-refractivity contribution in [2.24, 2.45) is 0 Å². The summed E-state index contributed by atoms with van der Waals surface area (Å²) in [6.07, 6.45) is -0.127. The highest BCUT2D eigenvalue weighted by Crippen LogP contribution is 2.30. The fourth-order valence-corrected chi connectivity index (χ4v) is 1.24. The quantitative estimate of drug-likeness (QED) is 0.563. The molecule has 0 fully saturated rings. The van der Waals surface area contributed by atoms with E-state index in [4.69, 9.17) is 0 Å². The monoisotopic (exact) mass is 222 g/mol. The summed E-state index contributed by atoms with van der Waals surface area (Å²) < 4.78 is 57.2. The topological polar surface area (TPSA) is 9.23 Å². The lowest BCUT2D eigenvalue weighted by molar-refractivity contribution is 0.285. The highest BCUT2D eigenvalue weighted by Gasteiger charge is 2.25. The van der Waals surface area contributed by atoms with Gasteiger partial charge in [-0.05, 0) is 13.3 Å². The van der Waals surface area contributed by atoms with Gasteiger partial charge in [0.05, 0.1) is 6.61 Å². The molecule has 0 atom stereocenters. The van der Waals surface area contributed by atoms with E-state index >= 15 is 0 Å². The van der Waals surface area contributed by atoms with Gasteiger partial charge in [0.15, 0.2) is 17.4 Å². The van der Waals surface area contributed by atoms with Crippen LogP contribution in [0.5, 0.6) is 5.75 Å². The highest BCUT2D eigenvalue weighted by molar-refractivity contribution is 5.34. The van der Waals surface area contributed by atoms with Crippen LogP contribution in [-0.2, 0) is 6.42 Å². The van der Waals surface area contributed by atoms with Gasteiger partial charge >= 0.3 is 0 Å². The maximum atomic E-state index is 13.2. The lowest BCUT2D eigenvalue weighted by Gasteiger charge is -2.10. The van der Waals surface area contributed by atoms with Crippen molar-refractivity contribution in [2.75, 3.05) is 6.61 Å². The third-order valence-corrected chi connectivity index (χ3v) is 1.96. The van der Waals surface area contributed by atoms with Crippen LogP contribution in [-0.4, -0.2) is 6.61 Å². The lowest BCUT2D eigenvalue weighted by Crippen LogP contribution is -2.07. The van der Waals surface area contributed by atoms with Crippen molar-refractivity contribution in [1.82, 2.24) is 0 Å². The van der Waals surface area contributed by atoms with Gasteiger partial charge in [-0.1, -0.05) is 6.92 Å². The minimum Gasteiger partial charge on any atom is -0.488 e. The van der Waals surface area contributed by atoms with Crippen LogP contribution in [0.2, 0.25) is 0 Å². The predicted molar refractivity (Wildman–Crippen MR) is 46.8 cm³/mol. The highest BCUT2D eigenvalue weighted by atomic mass is 19.2. The van der Waals surface area contributed by atoms with Gasteiger partial charge in [0.1, 0.15) is 0 Å². The van der Waals surface area contributed by atoms with Crippen LogP contribution in [0.3, 0.4) is 0 Å². The normalized spacial score (nSPS) is 10.5. The second kappa shape index (κ2) is 4.51. The Morgan fingerprint density at radius 2 is 1.33 bits per heavy atom. The summed E-state index contributed by atoms with van der Waals surface area (Å²) in [5, 5.41) is 0. The minimum atomic E-state index is -1.48. The van der Waals surface area contributed by atoms with E-state index in [2.05, 4.69) is 4.74 Å². The molecule has 0 radical (unpaired) electrons. The molecular formula is C10H10F4O. The molecule has 1 aromatic carbocycles. The molecule has 0 aliphatic rings. The molecule has 0 saturated heterocycles. The van der Waals surface area contributed by atoms with Crippen LogP contribution in [0.25, 0.3) is 0 Å². The van der Waals surface area contributed by atoms with Crippen molar-refractivity contribution in [3.63, 3.8) is 0 Å². The molecule has 15 heavy (non-hydrogen) atoms. The summed E-state index contributed by atoms with van der Waals surface area (Å²) in [5.41, 5.74) is -0.603. The van der Waals surface area contributed by atoms with E-state index < -0.39 is 34.6 Å². The number of halogens is 4. The molecule has 0 N–H and O–H groups in total. The number of rotatable bonds is 3. The Bertz CT molecular complexity index is 347. The zero-order chi connectivity index (χ0) is 11.6. The fourth-order valence-electron chi connectivity index (χ4n) is 1.24. The SMILES string of the molecule is CCOc1c(F)c(F)c(CC)c(F)c1F. The van der Waals surface area contributed by atoms with E-state index in [9.17, 15) is 17.6 Å². The van der Waals surface area contributed by atoms with Gasteiger partial charge in [-0.2, -0.15) is 8.78 Å². The molecular weight excluding hydrogens is 212 g/mol. The average molecular weight is 222 g/mol. The first-order chi connectivity index (χ1) is 7.04. The molecule has 1 nitrogen and oxygen atoms in total. The molecule has 0 aliphatic heterocycles. The van der Waals surface area contributed by atoms with Crippen molar-refractivity contribution in [1.29, 1.82) is 0 Å². The van der Waals surface area contributed by atoms with E-state index in [0.717, 1.165) is 0 Å². The smallest absolute Gasteiger partial charge is 0.204 e. The maximum absolute atomic E-state index is 13.2. The third-order valence-electron chi connectivity index (χ3n) is 1.96. The van der Waals surface area contributed by atoms with E-state index in [1.807, 2.05) is 0 Å². The van der Waals surface area contributed by atoms with Crippen molar-refractivity contribution >= 4 is 0 Å². The zero-order valence-electron chi connectivity index (χ0n) is 8.33. The maximum Gasteiger partial charge on any atom is 0.204 e. The Balaban J connectivity index is 3.44. The van der Waals surface area contributed by atoms with Crippen molar-refractivity contribution in [3.05, 3.63) is 28.8 Å². The first-order valence-electron chi connectivity index (χ1n) is 4.52. The molecule has 0 bridgehead atoms. The van der Waals surface area contributed by atoms with Crippen LogP contribution in [0.1, 0.15) is 19.4 Å². The molecule has 0 unspecified atom stereocenters. The van der Waals surface area contributed by atoms with Crippen LogP contribution < -0.4 is 4.74 Å². The van der Waals surface area contributed by atoms with E-state index in [1.165, 1.54) is 13.8 Å². The fraction of sp³-hybridized carbons (Fsp3) is 0.400. The Kier molecular flexibility index (Phi) is 3.55. The number of hydrogen-bond donors (Lipinski definition) is 0. The molecule has 0 heterocycles. The Hall–Kier alpha value is -1.26. The molecule has 1 aromatic rings. The van der Waals surface area contributed by atoms with E-state index in [1.54, 1.807) is 0 Å². The zero-order valence-corrected chi connectivity index (χ0v) is 8.33. The van der Waals surface area contributed by atoms with Crippen molar-refractivity contribution in [2.45, 2.75) is 20.3 Å². The standard InChI is InChI=1S/C10H10F4O/c1-3-5-6(11)8(13)10(15-4-2)9(14)7(5)12/h3-4H2,1-2H3. The predicted octanol–water partition coefficient (Wildman–Crippen LogP) is 3.20. The largest absolute Gasteiger partial charge is 0.488 e. The minimum absolute atomic E-state index is 0.0712. The van der Waals surface area contributed by atoms with Gasteiger partial charge < -0.3 is 4.74 Å². The second-order valence-corrected chi connectivity index (χ2v) is 2.85.